The standard InChI is InChI=1S/C19H19NO6/c1-25-19(24)15(11-13-7-3-2-4-8-13)20-17(22)12-26-18(23)14-9-5-6-10-16(14)21/h2-10,15,21H,11-12H2,1H3,(H,20,22)/t15-/m0/s1. The Morgan fingerprint density at radius 1 is 1.04 bits per heavy atom. The third-order valence-corrected chi connectivity index (χ3v) is 3.56. The molecule has 0 aliphatic rings. The minimum atomic E-state index is -0.904. The molecule has 0 heterocycles. The maximum Gasteiger partial charge on any atom is 0.342 e. The largest absolute Gasteiger partial charge is 0.507 e. The van der Waals surface area contributed by atoms with E-state index in [1.54, 1.807) is 12.1 Å². The average Bonchev–Trinajstić information content (AvgIpc) is 2.66. The monoisotopic (exact) mass is 357 g/mol. The summed E-state index contributed by atoms with van der Waals surface area (Å²) in [5.74, 6) is -2.33. The van der Waals surface area contributed by atoms with Crippen molar-refractivity contribution < 1.29 is 29.0 Å². The summed E-state index contributed by atoms with van der Waals surface area (Å²) in [4.78, 5) is 35.8. The number of carbonyl (C=O) groups is 3. The molecule has 7 nitrogen and oxygen atoms in total. The van der Waals surface area contributed by atoms with Crippen molar-refractivity contribution in [3.8, 4) is 5.75 Å². The molecule has 0 aromatic heterocycles. The van der Waals surface area contributed by atoms with Gasteiger partial charge in [-0.3, -0.25) is 4.79 Å². The third kappa shape index (κ3) is 5.34. The van der Waals surface area contributed by atoms with Crippen LogP contribution < -0.4 is 5.32 Å². The molecule has 1 amide bonds. The van der Waals surface area contributed by atoms with Crippen molar-refractivity contribution in [3.05, 3.63) is 65.7 Å². The van der Waals surface area contributed by atoms with Crippen LogP contribution in [-0.4, -0.2) is 42.7 Å². The van der Waals surface area contributed by atoms with E-state index in [1.807, 2.05) is 30.3 Å². The van der Waals surface area contributed by atoms with Gasteiger partial charge in [-0.25, -0.2) is 9.59 Å². The first-order chi connectivity index (χ1) is 12.5. The molecule has 0 aliphatic heterocycles. The second kappa shape index (κ2) is 9.22. The number of methoxy groups -OCH3 is 1. The third-order valence-electron chi connectivity index (χ3n) is 3.56. The topological polar surface area (TPSA) is 102 Å². The number of nitrogens with one attached hydrogen (secondary N) is 1. The number of ether oxygens (including phenoxy) is 2. The Bertz CT molecular complexity index is 775. The number of hydrogen-bond acceptors (Lipinski definition) is 6. The van der Waals surface area contributed by atoms with Gasteiger partial charge in [0.15, 0.2) is 6.61 Å². The molecule has 7 heteroatoms. The molecule has 2 aromatic carbocycles. The summed E-state index contributed by atoms with van der Waals surface area (Å²) in [7, 11) is 1.23. The predicted molar refractivity (Wildman–Crippen MR) is 92.5 cm³/mol. The van der Waals surface area contributed by atoms with E-state index in [0.717, 1.165) is 5.56 Å². The van der Waals surface area contributed by atoms with Crippen LogP contribution in [0.5, 0.6) is 5.75 Å². The number of hydrogen-bond donors (Lipinski definition) is 2. The normalized spacial score (nSPS) is 11.3. The number of benzene rings is 2. The average molecular weight is 357 g/mol. The van der Waals surface area contributed by atoms with E-state index in [1.165, 1.54) is 19.2 Å². The molecule has 0 spiro atoms. The highest BCUT2D eigenvalue weighted by Crippen LogP contribution is 2.16. The van der Waals surface area contributed by atoms with Crippen LogP contribution >= 0.6 is 0 Å². The van der Waals surface area contributed by atoms with Crippen LogP contribution in [0.2, 0.25) is 0 Å². The first-order valence-corrected chi connectivity index (χ1v) is 7.87. The first-order valence-electron chi connectivity index (χ1n) is 7.87. The van der Waals surface area contributed by atoms with E-state index >= 15 is 0 Å². The summed E-state index contributed by atoms with van der Waals surface area (Å²) >= 11 is 0. The lowest BCUT2D eigenvalue weighted by Gasteiger charge is -2.16. The van der Waals surface area contributed by atoms with E-state index in [-0.39, 0.29) is 17.7 Å². The fourth-order valence-corrected chi connectivity index (χ4v) is 2.28. The molecule has 0 unspecified atom stereocenters. The Hall–Kier alpha value is -3.35. The number of rotatable bonds is 7. The second-order valence-corrected chi connectivity index (χ2v) is 5.43. The van der Waals surface area contributed by atoms with E-state index in [2.05, 4.69) is 5.32 Å². The quantitative estimate of drug-likeness (QED) is 0.727. The number of phenolic OH excluding ortho intramolecular Hbond substituents is 1. The summed E-state index contributed by atoms with van der Waals surface area (Å²) in [5, 5.41) is 12.1. The zero-order valence-electron chi connectivity index (χ0n) is 14.2. The molecule has 0 bridgehead atoms. The van der Waals surface area contributed by atoms with Gasteiger partial charge in [0.1, 0.15) is 17.4 Å². The van der Waals surface area contributed by atoms with Crippen molar-refractivity contribution in [2.45, 2.75) is 12.5 Å². The van der Waals surface area contributed by atoms with E-state index in [4.69, 9.17) is 9.47 Å². The van der Waals surface area contributed by atoms with E-state index in [9.17, 15) is 19.5 Å². The van der Waals surface area contributed by atoms with Gasteiger partial charge in [-0.1, -0.05) is 42.5 Å². The van der Waals surface area contributed by atoms with Crippen molar-refractivity contribution in [2.24, 2.45) is 0 Å². The van der Waals surface area contributed by atoms with Crippen LogP contribution in [0.1, 0.15) is 15.9 Å². The number of amides is 1. The SMILES string of the molecule is COC(=O)[C@H](Cc1ccccc1)NC(=O)COC(=O)c1ccccc1O. The van der Waals surface area contributed by atoms with Crippen LogP contribution in [0.15, 0.2) is 54.6 Å². The van der Waals surface area contributed by atoms with Gasteiger partial charge in [0.2, 0.25) is 0 Å². The van der Waals surface area contributed by atoms with Gasteiger partial charge in [-0.05, 0) is 17.7 Å². The zero-order chi connectivity index (χ0) is 18.9. The Morgan fingerprint density at radius 2 is 1.69 bits per heavy atom. The van der Waals surface area contributed by atoms with Crippen molar-refractivity contribution in [2.75, 3.05) is 13.7 Å². The molecular formula is C19H19NO6. The number of para-hydroxylation sites is 1. The van der Waals surface area contributed by atoms with Gasteiger partial charge in [0.05, 0.1) is 7.11 Å². The Balaban J connectivity index is 1.93. The van der Waals surface area contributed by atoms with Crippen LogP contribution in [0.25, 0.3) is 0 Å². The molecule has 0 saturated heterocycles. The summed E-state index contributed by atoms with van der Waals surface area (Å²) < 4.78 is 9.57. The smallest absolute Gasteiger partial charge is 0.342 e. The molecule has 26 heavy (non-hydrogen) atoms. The van der Waals surface area contributed by atoms with Crippen molar-refractivity contribution >= 4 is 17.8 Å². The molecule has 0 aliphatic carbocycles. The fraction of sp³-hybridized carbons (Fsp3) is 0.211. The second-order valence-electron chi connectivity index (χ2n) is 5.43. The molecule has 2 rings (SSSR count). The zero-order valence-corrected chi connectivity index (χ0v) is 14.2. The van der Waals surface area contributed by atoms with E-state index in [0.29, 0.717) is 0 Å². The molecule has 136 valence electrons. The van der Waals surface area contributed by atoms with Crippen LogP contribution in [0.3, 0.4) is 0 Å². The minimum absolute atomic E-state index is 0.0471. The first kappa shape index (κ1) is 19.0. The van der Waals surface area contributed by atoms with Gasteiger partial charge in [-0.15, -0.1) is 0 Å². The number of aromatic hydroxyl groups is 1. The Labute approximate surface area is 150 Å². The highest BCUT2D eigenvalue weighted by molar-refractivity contribution is 5.94. The highest BCUT2D eigenvalue weighted by atomic mass is 16.5. The van der Waals surface area contributed by atoms with Crippen molar-refractivity contribution in [3.63, 3.8) is 0 Å². The molecule has 2 N–H and O–H groups in total. The molecule has 1 atom stereocenters. The Kier molecular flexibility index (Phi) is 6.73. The van der Waals surface area contributed by atoms with Crippen LogP contribution in [0.4, 0.5) is 0 Å². The van der Waals surface area contributed by atoms with Crippen molar-refractivity contribution in [1.82, 2.24) is 5.32 Å². The molecule has 2 aromatic rings. The van der Waals surface area contributed by atoms with Gasteiger partial charge >= 0.3 is 11.9 Å². The van der Waals surface area contributed by atoms with Gasteiger partial charge in [-0.2, -0.15) is 0 Å². The number of carbonyl (C=O) groups excluding carboxylic acids is 3. The number of esters is 2. The summed E-state index contributed by atoms with van der Waals surface area (Å²) in [6.07, 6.45) is 0.243. The predicted octanol–water partition coefficient (Wildman–Crippen LogP) is 1.45. The summed E-state index contributed by atoms with van der Waals surface area (Å²) in [6.45, 7) is -0.588. The molecule has 0 saturated carbocycles. The van der Waals surface area contributed by atoms with Gasteiger partial charge in [0, 0.05) is 6.42 Å². The van der Waals surface area contributed by atoms with Crippen LogP contribution in [-0.2, 0) is 25.5 Å². The highest BCUT2D eigenvalue weighted by Gasteiger charge is 2.23. The van der Waals surface area contributed by atoms with Gasteiger partial charge in [0.25, 0.3) is 5.91 Å². The lowest BCUT2D eigenvalue weighted by atomic mass is 10.1. The maximum atomic E-state index is 12.0. The van der Waals surface area contributed by atoms with Gasteiger partial charge < -0.3 is 19.9 Å². The van der Waals surface area contributed by atoms with Crippen LogP contribution in [0, 0.1) is 0 Å². The maximum absolute atomic E-state index is 12.0. The van der Waals surface area contributed by atoms with Crippen molar-refractivity contribution in [1.29, 1.82) is 0 Å². The number of phenols is 1. The molecule has 0 fully saturated rings. The lowest BCUT2D eigenvalue weighted by Crippen LogP contribution is -2.44. The summed E-state index contributed by atoms with van der Waals surface area (Å²) in [5.41, 5.74) is 0.795. The lowest BCUT2D eigenvalue weighted by molar-refractivity contribution is -0.145. The van der Waals surface area contributed by atoms with E-state index < -0.39 is 30.5 Å². The Morgan fingerprint density at radius 3 is 2.35 bits per heavy atom. The minimum Gasteiger partial charge on any atom is -0.507 e. The fourth-order valence-electron chi connectivity index (χ4n) is 2.28. The molecule has 0 radical (unpaired) electrons. The summed E-state index contributed by atoms with van der Waals surface area (Å²) in [6, 6.07) is 14.0. The molecular weight excluding hydrogens is 338 g/mol.